The van der Waals surface area contributed by atoms with Crippen molar-refractivity contribution in [2.24, 2.45) is 0 Å². The van der Waals surface area contributed by atoms with E-state index >= 15 is 0 Å². The molecule has 0 saturated carbocycles. The summed E-state index contributed by atoms with van der Waals surface area (Å²) >= 11 is 6.03. The van der Waals surface area contributed by atoms with Gasteiger partial charge in [0, 0.05) is 10.7 Å². The van der Waals surface area contributed by atoms with Crippen molar-refractivity contribution in [2.75, 3.05) is 11.9 Å². The predicted molar refractivity (Wildman–Crippen MR) is 91.7 cm³/mol. The molecule has 24 heavy (non-hydrogen) atoms. The van der Waals surface area contributed by atoms with Crippen molar-refractivity contribution < 1.29 is 9.53 Å². The van der Waals surface area contributed by atoms with Crippen LogP contribution in [0, 0.1) is 6.92 Å². The first-order chi connectivity index (χ1) is 11.6. The Morgan fingerprint density at radius 1 is 1.17 bits per heavy atom. The third-order valence-electron chi connectivity index (χ3n) is 3.31. The number of aromatic nitrogens is 3. The Hall–Kier alpha value is -2.86. The lowest BCUT2D eigenvalue weighted by molar-refractivity contribution is -0.118. The van der Waals surface area contributed by atoms with Crippen LogP contribution in [0.1, 0.15) is 5.56 Å². The standard InChI is InChI=1S/C17H15ClN4O2/c1-12-2-5-14(6-3-12)21-17(23)9-24-16-7-4-13(18)8-15(16)22-10-19-20-11-22/h2-8,10-11H,9H2,1H3,(H,21,23). The van der Waals surface area contributed by atoms with Crippen LogP contribution in [0.2, 0.25) is 5.02 Å². The van der Waals surface area contributed by atoms with E-state index in [4.69, 9.17) is 16.3 Å². The van der Waals surface area contributed by atoms with Crippen LogP contribution in [0.4, 0.5) is 5.69 Å². The maximum absolute atomic E-state index is 12.0. The van der Waals surface area contributed by atoms with Crippen LogP contribution in [0.5, 0.6) is 5.75 Å². The number of halogens is 1. The summed E-state index contributed by atoms with van der Waals surface area (Å²) in [6.07, 6.45) is 3.07. The SMILES string of the molecule is Cc1ccc(NC(=O)COc2ccc(Cl)cc2-n2cnnc2)cc1. The lowest BCUT2D eigenvalue weighted by Crippen LogP contribution is -2.20. The molecule has 3 rings (SSSR count). The fourth-order valence-electron chi connectivity index (χ4n) is 2.12. The molecule has 0 aliphatic heterocycles. The van der Waals surface area contributed by atoms with Gasteiger partial charge in [-0.25, -0.2) is 0 Å². The average molecular weight is 343 g/mol. The van der Waals surface area contributed by atoms with E-state index in [0.717, 1.165) is 11.3 Å². The summed E-state index contributed by atoms with van der Waals surface area (Å²) in [5, 5.41) is 10.9. The van der Waals surface area contributed by atoms with Gasteiger partial charge in [0.1, 0.15) is 18.4 Å². The minimum atomic E-state index is -0.247. The Morgan fingerprint density at radius 2 is 1.88 bits per heavy atom. The highest BCUT2D eigenvalue weighted by Crippen LogP contribution is 2.26. The van der Waals surface area contributed by atoms with Crippen molar-refractivity contribution in [3.8, 4) is 11.4 Å². The molecule has 0 atom stereocenters. The summed E-state index contributed by atoms with van der Waals surface area (Å²) in [5.74, 6) is 0.266. The number of nitrogens with zero attached hydrogens (tertiary/aromatic N) is 3. The Bertz CT molecular complexity index is 832. The Kier molecular flexibility index (Phi) is 4.77. The fraction of sp³-hybridized carbons (Fsp3) is 0.118. The maximum Gasteiger partial charge on any atom is 0.262 e. The zero-order valence-corrected chi connectivity index (χ0v) is 13.7. The van der Waals surface area contributed by atoms with Crippen molar-refractivity contribution in [1.82, 2.24) is 14.8 Å². The van der Waals surface area contributed by atoms with Crippen LogP contribution in [0.25, 0.3) is 5.69 Å². The van der Waals surface area contributed by atoms with Gasteiger partial charge in [0.15, 0.2) is 6.61 Å². The maximum atomic E-state index is 12.0. The van der Waals surface area contributed by atoms with Crippen LogP contribution >= 0.6 is 11.6 Å². The minimum absolute atomic E-state index is 0.120. The zero-order valence-electron chi connectivity index (χ0n) is 12.9. The van der Waals surface area contributed by atoms with Gasteiger partial charge in [0.05, 0.1) is 5.69 Å². The molecule has 0 aliphatic rings. The number of carbonyl (C=O) groups is 1. The van der Waals surface area contributed by atoms with Gasteiger partial charge in [-0.3, -0.25) is 9.36 Å². The van der Waals surface area contributed by atoms with Crippen molar-refractivity contribution in [1.29, 1.82) is 0 Å². The number of benzene rings is 2. The monoisotopic (exact) mass is 342 g/mol. The van der Waals surface area contributed by atoms with Gasteiger partial charge in [0.2, 0.25) is 0 Å². The van der Waals surface area contributed by atoms with Crippen LogP contribution in [-0.2, 0) is 4.79 Å². The number of aryl methyl sites for hydroxylation is 1. The van der Waals surface area contributed by atoms with E-state index in [1.807, 2.05) is 31.2 Å². The molecule has 6 nitrogen and oxygen atoms in total. The average Bonchev–Trinajstić information content (AvgIpc) is 3.10. The molecule has 0 radical (unpaired) electrons. The normalized spacial score (nSPS) is 10.4. The number of carbonyl (C=O) groups excluding carboxylic acids is 1. The fourth-order valence-corrected chi connectivity index (χ4v) is 2.28. The van der Waals surface area contributed by atoms with Gasteiger partial charge >= 0.3 is 0 Å². The molecule has 1 N–H and O–H groups in total. The van der Waals surface area contributed by atoms with E-state index < -0.39 is 0 Å². The number of amides is 1. The molecular weight excluding hydrogens is 328 g/mol. The molecule has 0 unspecified atom stereocenters. The van der Waals surface area contributed by atoms with Gasteiger partial charge in [0.25, 0.3) is 5.91 Å². The Labute approximate surface area is 144 Å². The Morgan fingerprint density at radius 3 is 2.58 bits per heavy atom. The summed E-state index contributed by atoms with van der Waals surface area (Å²) in [7, 11) is 0. The third-order valence-corrected chi connectivity index (χ3v) is 3.55. The number of ether oxygens (including phenoxy) is 1. The smallest absolute Gasteiger partial charge is 0.262 e. The number of anilines is 1. The third kappa shape index (κ3) is 3.91. The summed E-state index contributed by atoms with van der Waals surface area (Å²) in [5.41, 5.74) is 2.52. The second-order valence-corrected chi connectivity index (χ2v) is 5.62. The van der Waals surface area contributed by atoms with E-state index in [1.165, 1.54) is 12.7 Å². The first kappa shape index (κ1) is 16.0. The molecule has 3 aromatic rings. The summed E-state index contributed by atoms with van der Waals surface area (Å²) in [6.45, 7) is 1.87. The van der Waals surface area contributed by atoms with Gasteiger partial charge in [-0.15, -0.1) is 10.2 Å². The number of hydrogen-bond donors (Lipinski definition) is 1. The van der Waals surface area contributed by atoms with Crippen molar-refractivity contribution in [2.45, 2.75) is 6.92 Å². The highest BCUT2D eigenvalue weighted by Gasteiger charge is 2.10. The van der Waals surface area contributed by atoms with E-state index in [1.54, 1.807) is 22.8 Å². The molecule has 0 bridgehead atoms. The number of nitrogens with one attached hydrogen (secondary N) is 1. The van der Waals surface area contributed by atoms with Crippen LogP contribution < -0.4 is 10.1 Å². The van der Waals surface area contributed by atoms with Crippen molar-refractivity contribution in [3.63, 3.8) is 0 Å². The summed E-state index contributed by atoms with van der Waals surface area (Å²) in [4.78, 5) is 12.0. The Balaban J connectivity index is 1.68. The number of hydrogen-bond acceptors (Lipinski definition) is 4. The molecular formula is C17H15ClN4O2. The topological polar surface area (TPSA) is 69.0 Å². The van der Waals surface area contributed by atoms with Crippen molar-refractivity contribution >= 4 is 23.2 Å². The second-order valence-electron chi connectivity index (χ2n) is 5.18. The highest BCUT2D eigenvalue weighted by molar-refractivity contribution is 6.30. The largest absolute Gasteiger partial charge is 0.482 e. The van der Waals surface area contributed by atoms with Crippen LogP contribution in [0.15, 0.2) is 55.1 Å². The molecule has 7 heteroatoms. The van der Waals surface area contributed by atoms with E-state index in [9.17, 15) is 4.79 Å². The summed E-state index contributed by atoms with van der Waals surface area (Å²) in [6, 6.07) is 12.7. The van der Waals surface area contributed by atoms with Crippen LogP contribution in [0.3, 0.4) is 0 Å². The van der Waals surface area contributed by atoms with Crippen LogP contribution in [-0.4, -0.2) is 27.3 Å². The first-order valence-electron chi connectivity index (χ1n) is 7.26. The quantitative estimate of drug-likeness (QED) is 0.772. The molecule has 122 valence electrons. The molecule has 0 aliphatic carbocycles. The molecule has 1 heterocycles. The summed E-state index contributed by atoms with van der Waals surface area (Å²) < 4.78 is 7.29. The van der Waals surface area contributed by atoms with Crippen molar-refractivity contribution in [3.05, 3.63) is 65.7 Å². The minimum Gasteiger partial charge on any atom is -0.482 e. The van der Waals surface area contributed by atoms with E-state index in [2.05, 4.69) is 15.5 Å². The van der Waals surface area contributed by atoms with Gasteiger partial charge in [-0.1, -0.05) is 29.3 Å². The molecule has 2 aromatic carbocycles. The first-order valence-corrected chi connectivity index (χ1v) is 7.63. The number of rotatable bonds is 5. The van der Waals surface area contributed by atoms with Gasteiger partial charge < -0.3 is 10.1 Å². The second kappa shape index (κ2) is 7.14. The lowest BCUT2D eigenvalue weighted by Gasteiger charge is -2.12. The zero-order chi connectivity index (χ0) is 16.9. The van der Waals surface area contributed by atoms with Gasteiger partial charge in [-0.2, -0.15) is 0 Å². The molecule has 0 spiro atoms. The molecule has 1 amide bonds. The van der Waals surface area contributed by atoms with Gasteiger partial charge in [-0.05, 0) is 37.3 Å². The molecule has 0 fully saturated rings. The predicted octanol–water partition coefficient (Wildman–Crippen LogP) is 3.25. The van der Waals surface area contributed by atoms with E-state index in [0.29, 0.717) is 16.5 Å². The molecule has 0 saturated heterocycles. The molecule has 1 aromatic heterocycles. The van der Waals surface area contributed by atoms with E-state index in [-0.39, 0.29) is 12.5 Å². The lowest BCUT2D eigenvalue weighted by atomic mass is 10.2. The highest BCUT2D eigenvalue weighted by atomic mass is 35.5.